The van der Waals surface area contributed by atoms with Gasteiger partial charge in [-0.3, -0.25) is 4.79 Å². The van der Waals surface area contributed by atoms with E-state index in [2.05, 4.69) is 5.16 Å². The van der Waals surface area contributed by atoms with E-state index in [0.717, 1.165) is 12.8 Å². The summed E-state index contributed by atoms with van der Waals surface area (Å²) < 4.78 is 5.14. The van der Waals surface area contributed by atoms with Gasteiger partial charge in [-0.2, -0.15) is 0 Å². The Hall–Kier alpha value is -0.790. The van der Waals surface area contributed by atoms with Crippen molar-refractivity contribution in [2.75, 3.05) is 6.61 Å². The second-order valence-corrected chi connectivity index (χ2v) is 11.1. The zero-order valence-corrected chi connectivity index (χ0v) is 32.9. The van der Waals surface area contributed by atoms with Gasteiger partial charge in [-0.15, -0.1) is 11.3 Å². The van der Waals surface area contributed by atoms with Crippen LogP contribution in [0, 0.1) is 0 Å². The molecule has 45 heavy (non-hydrogen) atoms. The van der Waals surface area contributed by atoms with E-state index in [-0.39, 0.29) is 106 Å². The maximum Gasteiger partial charge on any atom is 1.00 e. The van der Waals surface area contributed by atoms with E-state index in [9.17, 15) is 24.9 Å². The maximum absolute atomic E-state index is 14.0. The van der Waals surface area contributed by atoms with E-state index in [0.29, 0.717) is 45.9 Å². The Morgan fingerprint density at radius 1 is 0.933 bits per heavy atom. The van der Waals surface area contributed by atoms with E-state index in [1.807, 2.05) is 0 Å². The van der Waals surface area contributed by atoms with Crippen LogP contribution in [0.5, 0.6) is 5.75 Å². The fourth-order valence-electron chi connectivity index (χ4n) is 5.74. The summed E-state index contributed by atoms with van der Waals surface area (Å²) in [5.41, 5.74) is 1.84. The summed E-state index contributed by atoms with van der Waals surface area (Å²) >= 11 is 12.9. The predicted octanol–water partition coefficient (Wildman–Crippen LogP) is -6.02. The molecule has 3 aromatic rings. The summed E-state index contributed by atoms with van der Waals surface area (Å²) in [6.07, 6.45) is 1.48. The number of benzene rings is 3. The van der Waals surface area contributed by atoms with Gasteiger partial charge in [-0.1, -0.05) is 78.9 Å². The number of nitrogens with zero attached hydrogens (tertiary/aromatic N) is 2. The Labute approximate surface area is 338 Å². The monoisotopic (exact) mass is 678 g/mol. The van der Waals surface area contributed by atoms with E-state index in [4.69, 9.17) is 32.8 Å². The largest absolute Gasteiger partial charge is 1.00 e. The third-order valence-electron chi connectivity index (χ3n) is 7.59. The molecule has 1 aliphatic carbocycles. The molecule has 0 radical (unpaired) electrons. The molecule has 1 aliphatic heterocycles. The summed E-state index contributed by atoms with van der Waals surface area (Å²) in [5, 5.41) is 42.4. The van der Waals surface area contributed by atoms with Crippen LogP contribution in [0.4, 0.5) is 0 Å². The van der Waals surface area contributed by atoms with E-state index < -0.39 is 42.6 Å². The molecule has 0 unspecified atom stereocenters. The van der Waals surface area contributed by atoms with Crippen molar-refractivity contribution in [3.05, 3.63) is 99.0 Å². The van der Waals surface area contributed by atoms with Crippen LogP contribution in [-0.2, 0) is 16.2 Å². The third-order valence-corrected chi connectivity index (χ3v) is 8.15. The number of hydrogen-bond acceptors (Lipinski definition) is 8. The summed E-state index contributed by atoms with van der Waals surface area (Å²) in [6, 6.07) is 16.6. The number of carboxylic acids is 1. The predicted molar refractivity (Wildman–Crippen MR) is 150 cm³/mol. The molecule has 0 spiro atoms. The Balaban J connectivity index is 0.00000235. The van der Waals surface area contributed by atoms with Crippen LogP contribution >= 0.6 is 23.2 Å². The maximum atomic E-state index is 14.0. The molecule has 220 valence electrons. The molecule has 2 aliphatic rings. The van der Waals surface area contributed by atoms with Gasteiger partial charge in [0.15, 0.2) is 0 Å². The van der Waals surface area contributed by atoms with Crippen LogP contribution in [0.2, 0.25) is 10.0 Å². The average Bonchev–Trinajstić information content (AvgIpc) is 2.97. The number of rotatable bonds is 9. The van der Waals surface area contributed by atoms with Crippen molar-refractivity contribution in [2.45, 2.75) is 56.4 Å². The van der Waals surface area contributed by atoms with Gasteiger partial charge in [-0.25, -0.2) is 0 Å². The van der Waals surface area contributed by atoms with Crippen LogP contribution in [0.25, 0.3) is 0 Å². The molecule has 1 saturated carbocycles. The van der Waals surface area contributed by atoms with Crippen molar-refractivity contribution in [1.82, 2.24) is 4.90 Å². The van der Waals surface area contributed by atoms with E-state index in [1.165, 1.54) is 4.90 Å². The fraction of sp³-hybridized carbons (Fsp3) is 0.323. The second kappa shape index (κ2) is 18.7. The number of fused-ring (bicyclic) bond motifs is 1. The normalized spacial score (nSPS) is 20.9. The first kappa shape index (κ1) is 40.4. The third kappa shape index (κ3) is 9.65. The second-order valence-electron chi connectivity index (χ2n) is 10.3. The quantitative estimate of drug-likeness (QED) is 0.0951. The summed E-state index contributed by atoms with van der Waals surface area (Å²) in [7, 11) is 0. The number of amides is 1. The van der Waals surface area contributed by atoms with Crippen molar-refractivity contribution in [3.63, 3.8) is 0 Å². The number of halogens is 2. The molecule has 14 heteroatoms. The van der Waals surface area contributed by atoms with Gasteiger partial charge in [0.25, 0.3) is 5.91 Å². The molecule has 9 nitrogen and oxygen atoms in total. The minimum Gasteiger partial charge on any atom is -0.859 e. The van der Waals surface area contributed by atoms with Crippen molar-refractivity contribution in [2.24, 2.45) is 5.16 Å². The summed E-state index contributed by atoms with van der Waals surface area (Å²) in [6.45, 7) is -0.716. The van der Waals surface area contributed by atoms with Crippen LogP contribution < -0.4 is 109 Å². The first-order valence-electron chi connectivity index (χ1n) is 13.6. The van der Waals surface area contributed by atoms with Gasteiger partial charge in [0, 0.05) is 33.5 Å². The van der Waals surface area contributed by atoms with Crippen LogP contribution in [-0.4, -0.2) is 41.4 Å². The number of oxime groups is 1. The molecule has 1 amide bonds. The van der Waals surface area contributed by atoms with Crippen molar-refractivity contribution in [1.29, 1.82) is 0 Å². The SMILES string of the molecule is O=C([O-])COc1cccc(CON=C([O-])[C@@H]2c3ccccc3C(=O)N([C@H]3CCCC[C@@H]3[O-])[C@H]2c2ccc(Cl)cc2Cl)c1.[Na+].[Na+].[Na+]. The molecule has 5 rings (SSSR count). The van der Waals surface area contributed by atoms with Gasteiger partial charge in [-0.05, 0) is 53.4 Å². The van der Waals surface area contributed by atoms with Gasteiger partial charge in [0.1, 0.15) is 19.0 Å². The molecule has 0 bridgehead atoms. The molecule has 0 N–H and O–H groups in total. The average molecular weight is 679 g/mol. The molecule has 1 heterocycles. The van der Waals surface area contributed by atoms with Gasteiger partial charge >= 0.3 is 88.7 Å². The first-order chi connectivity index (χ1) is 20.2. The van der Waals surface area contributed by atoms with Crippen LogP contribution in [0.15, 0.2) is 71.9 Å². The number of ether oxygens (including phenoxy) is 1. The Kier molecular flexibility index (Phi) is 16.8. The van der Waals surface area contributed by atoms with Gasteiger partial charge in [0.05, 0.1) is 12.0 Å². The minimum absolute atomic E-state index is 0. The smallest absolute Gasteiger partial charge is 0.859 e. The first-order valence-corrected chi connectivity index (χ1v) is 14.3. The van der Waals surface area contributed by atoms with Crippen molar-refractivity contribution < 1.29 is 123 Å². The van der Waals surface area contributed by atoms with Crippen molar-refractivity contribution in [3.8, 4) is 5.75 Å². The van der Waals surface area contributed by atoms with Crippen LogP contribution in [0.1, 0.15) is 64.7 Å². The van der Waals surface area contributed by atoms with E-state index >= 15 is 0 Å². The Morgan fingerprint density at radius 3 is 2.38 bits per heavy atom. The number of carbonyl (C=O) groups is 2. The Bertz CT molecular complexity index is 1510. The molecule has 4 atom stereocenters. The Morgan fingerprint density at radius 2 is 1.67 bits per heavy atom. The molecule has 0 saturated heterocycles. The van der Waals surface area contributed by atoms with Gasteiger partial charge < -0.3 is 34.6 Å². The van der Waals surface area contributed by atoms with Crippen molar-refractivity contribution >= 4 is 41.0 Å². The zero-order chi connectivity index (χ0) is 29.8. The molecule has 0 aromatic heterocycles. The number of hydrogen-bond donors (Lipinski definition) is 0. The number of carboxylic acid groups (broad SMARTS) is 1. The summed E-state index contributed by atoms with van der Waals surface area (Å²) in [4.78, 5) is 31.7. The van der Waals surface area contributed by atoms with Crippen LogP contribution in [0.3, 0.4) is 0 Å². The topological polar surface area (TPSA) is 137 Å². The number of carbonyl (C=O) groups excluding carboxylic acids is 2. The molecule has 1 fully saturated rings. The minimum atomic E-state index is -1.36. The van der Waals surface area contributed by atoms with E-state index in [1.54, 1.807) is 66.7 Å². The molecule has 3 aromatic carbocycles. The molecular weight excluding hydrogens is 652 g/mol. The van der Waals surface area contributed by atoms with Gasteiger partial charge in [0.2, 0.25) is 0 Å². The zero-order valence-electron chi connectivity index (χ0n) is 25.4. The summed E-state index contributed by atoms with van der Waals surface area (Å²) in [5.74, 6) is -3.07. The standard InChI is InChI=1S/C31H29Cl2N2O7.3Na/c32-19-12-13-23(24(33)15-19)29-28(30(39)34-42-16-18-6-5-7-20(14-18)41-17-27(37)38)21-8-1-2-9-22(21)31(40)35(29)25-10-3-4-11-26(25)36;;;/h1-2,5-9,12-15,25-26,28-29H,3-4,10-11,16-17H2,(H,34,39)(H,37,38);;;/q-1;3*+1/p-2/t25-,26-,28+,29-;;;/m0.../s1. The molecular formula is C31H27Cl2N2Na3O7. The fourth-order valence-corrected chi connectivity index (χ4v) is 6.27. The number of aliphatic carboxylic acids is 1.